The Kier molecular flexibility index (Phi) is 11.3. The molecule has 0 unspecified atom stereocenters. The summed E-state index contributed by atoms with van der Waals surface area (Å²) in [6.07, 6.45) is -0.302. The average Bonchev–Trinajstić information content (AvgIpc) is 3.74. The lowest BCUT2D eigenvalue weighted by Crippen LogP contribution is -2.62. The number of nitro groups is 1. The van der Waals surface area contributed by atoms with Crippen LogP contribution in [-0.2, 0) is 30.2 Å². The maximum Gasteiger partial charge on any atom is 0.412 e. The molecule has 0 aliphatic carbocycles. The summed E-state index contributed by atoms with van der Waals surface area (Å²) in [7, 11) is 5.69. The van der Waals surface area contributed by atoms with Crippen LogP contribution in [0.4, 0.5) is 26.7 Å². The Morgan fingerprint density at radius 2 is 1.90 bits per heavy atom. The van der Waals surface area contributed by atoms with Gasteiger partial charge in [-0.2, -0.15) is 0 Å². The van der Waals surface area contributed by atoms with Gasteiger partial charge in [-0.3, -0.25) is 25.5 Å². The number of hydrogen-bond acceptors (Lipinski definition) is 12. The van der Waals surface area contributed by atoms with Crippen molar-refractivity contribution in [1.29, 1.82) is 0 Å². The van der Waals surface area contributed by atoms with Gasteiger partial charge in [0.05, 0.1) is 49.1 Å². The minimum Gasteiger partial charge on any atom is -0.495 e. The molecule has 17 heteroatoms. The van der Waals surface area contributed by atoms with Crippen molar-refractivity contribution in [2.75, 3.05) is 38.6 Å². The van der Waals surface area contributed by atoms with Crippen molar-refractivity contribution in [1.82, 2.24) is 5.32 Å². The number of benzene rings is 2. The monoisotopic (exact) mass is 744 g/mol. The topological polar surface area (TPSA) is 201 Å². The number of aliphatic hydroxyl groups is 1. The van der Waals surface area contributed by atoms with Crippen molar-refractivity contribution in [2.45, 2.75) is 75.3 Å². The second-order valence-electron chi connectivity index (χ2n) is 13.0. The van der Waals surface area contributed by atoms with Crippen LogP contribution in [0.2, 0.25) is 5.02 Å². The van der Waals surface area contributed by atoms with Gasteiger partial charge in [-0.25, -0.2) is 9.59 Å². The minimum atomic E-state index is -1.84. The summed E-state index contributed by atoms with van der Waals surface area (Å²) in [6, 6.07) is 7.14. The number of carbonyl (C=O) groups excluding carboxylic acids is 3. The molecule has 3 aliphatic rings. The van der Waals surface area contributed by atoms with Gasteiger partial charge in [-0.05, 0) is 44.0 Å². The van der Waals surface area contributed by atoms with Crippen molar-refractivity contribution in [2.24, 2.45) is 0 Å². The Labute approximate surface area is 304 Å². The molecule has 4 bridgehead atoms. The maximum absolute atomic E-state index is 14.0. The summed E-state index contributed by atoms with van der Waals surface area (Å²) in [6.45, 7) is 3.55. The summed E-state index contributed by atoms with van der Waals surface area (Å²) >= 11 is 6.71. The highest BCUT2D eigenvalue weighted by Gasteiger charge is 2.61. The maximum atomic E-state index is 14.0. The summed E-state index contributed by atoms with van der Waals surface area (Å²) < 4.78 is 33.8. The Balaban J connectivity index is 1.51. The van der Waals surface area contributed by atoms with E-state index in [0.717, 1.165) is 17.2 Å². The van der Waals surface area contributed by atoms with Gasteiger partial charge in [0.2, 0.25) is 5.91 Å². The van der Waals surface area contributed by atoms with Crippen molar-refractivity contribution in [3.05, 3.63) is 74.8 Å². The summed E-state index contributed by atoms with van der Waals surface area (Å²) in [5.41, 5.74) is -1.22. The second kappa shape index (κ2) is 15.4. The van der Waals surface area contributed by atoms with Gasteiger partial charge in [-0.1, -0.05) is 35.4 Å². The summed E-state index contributed by atoms with van der Waals surface area (Å²) in [5, 5.41) is 28.0. The molecule has 3 amide bonds. The minimum absolute atomic E-state index is 0.00667. The Morgan fingerprint density at radius 1 is 1.17 bits per heavy atom. The molecule has 16 nitrogen and oxygen atoms in total. The van der Waals surface area contributed by atoms with E-state index < -0.39 is 58.8 Å². The lowest BCUT2D eigenvalue weighted by Gasteiger charge is -2.40. The van der Waals surface area contributed by atoms with E-state index in [4.69, 9.17) is 40.0 Å². The highest BCUT2D eigenvalue weighted by molar-refractivity contribution is 6.35. The molecule has 2 saturated heterocycles. The molecule has 0 aromatic heterocycles. The van der Waals surface area contributed by atoms with Gasteiger partial charge in [0.1, 0.15) is 40.4 Å². The smallest absolute Gasteiger partial charge is 0.412 e. The third-order valence-electron chi connectivity index (χ3n) is 9.38. The van der Waals surface area contributed by atoms with E-state index in [-0.39, 0.29) is 41.4 Å². The fourth-order valence-corrected chi connectivity index (χ4v) is 6.73. The number of ether oxygens (including phenoxy) is 6. The van der Waals surface area contributed by atoms with Crippen LogP contribution >= 0.6 is 11.6 Å². The molecule has 3 aliphatic heterocycles. The molecule has 52 heavy (non-hydrogen) atoms. The predicted molar refractivity (Wildman–Crippen MR) is 188 cm³/mol. The number of epoxide rings is 1. The number of fused-ring (bicyclic) bond motifs is 5. The van der Waals surface area contributed by atoms with Crippen LogP contribution in [0.25, 0.3) is 0 Å². The van der Waals surface area contributed by atoms with Crippen LogP contribution in [-0.4, -0.2) is 92.2 Å². The normalized spacial score (nSPS) is 29.3. The molecule has 280 valence electrons. The lowest BCUT2D eigenvalue weighted by atomic mass is 9.90. The van der Waals surface area contributed by atoms with E-state index in [2.05, 4.69) is 10.6 Å². The molecule has 3 N–H and O–H groups in total. The van der Waals surface area contributed by atoms with E-state index in [0.29, 0.717) is 17.9 Å². The summed E-state index contributed by atoms with van der Waals surface area (Å²) in [5.74, 6) is -0.136. The number of hydrogen-bond donors (Lipinski definition) is 3. The van der Waals surface area contributed by atoms with Gasteiger partial charge < -0.3 is 38.4 Å². The largest absolute Gasteiger partial charge is 0.495 e. The third-order valence-corrected chi connectivity index (χ3v) is 9.76. The van der Waals surface area contributed by atoms with Gasteiger partial charge in [0.15, 0.2) is 5.72 Å². The van der Waals surface area contributed by atoms with Crippen molar-refractivity contribution < 1.29 is 52.8 Å². The molecule has 2 fully saturated rings. The number of halogens is 1. The Morgan fingerprint density at radius 3 is 2.58 bits per heavy atom. The van der Waals surface area contributed by atoms with Crippen LogP contribution in [0, 0.1) is 10.1 Å². The fraction of sp³-hybridized carbons (Fsp3) is 0.457. The zero-order valence-corrected chi connectivity index (χ0v) is 30.2. The number of non-ortho nitro benzene ring substituents is 1. The van der Waals surface area contributed by atoms with E-state index >= 15 is 0 Å². The van der Waals surface area contributed by atoms with Crippen LogP contribution in [0.15, 0.2) is 54.1 Å². The van der Waals surface area contributed by atoms with E-state index in [1.165, 1.54) is 45.4 Å². The van der Waals surface area contributed by atoms with Crippen LogP contribution < -0.4 is 25.0 Å². The molecule has 2 aromatic carbocycles. The van der Waals surface area contributed by atoms with E-state index in [9.17, 15) is 29.6 Å². The van der Waals surface area contributed by atoms with E-state index in [1.54, 1.807) is 31.2 Å². The molecule has 3 heterocycles. The fourth-order valence-electron chi connectivity index (χ4n) is 6.42. The molecule has 2 aromatic rings. The molecule has 0 saturated carbocycles. The Bertz CT molecular complexity index is 1800. The number of methoxy groups -OCH3 is 3. The SMILES string of the molecule is COc1cc([N+](=O)[O-])ccc1NC(=O)O[C@H]1CC(=O)N(C)c2cc(cc(OC)c2Cl)C/C(C)=C/C=C/[C@@H](OC)[C@@]2(O)C[C@@H](C[C@@H]3O[C@@]13C)OC(=O)N2. The number of rotatable bonds is 6. The number of nitrogens with one attached hydrogen (secondary N) is 2. The molecule has 0 radical (unpaired) electrons. The first kappa shape index (κ1) is 38.3. The van der Waals surface area contributed by atoms with Crippen molar-refractivity contribution in [3.8, 4) is 11.5 Å². The molecular formula is C35H41ClN4O12. The van der Waals surface area contributed by atoms with Gasteiger partial charge in [0, 0.05) is 33.1 Å². The Hall–Kier alpha value is -4.90. The number of anilines is 2. The van der Waals surface area contributed by atoms with Crippen LogP contribution in [0.1, 0.15) is 38.7 Å². The second-order valence-corrected chi connectivity index (χ2v) is 13.4. The first-order valence-corrected chi connectivity index (χ1v) is 16.7. The molecule has 5 rings (SSSR count). The van der Waals surface area contributed by atoms with Gasteiger partial charge in [0.25, 0.3) is 5.69 Å². The average molecular weight is 745 g/mol. The zero-order valence-electron chi connectivity index (χ0n) is 29.5. The molecule has 6 atom stereocenters. The zero-order chi connectivity index (χ0) is 38.0. The highest BCUT2D eigenvalue weighted by atomic mass is 35.5. The third kappa shape index (κ3) is 8.25. The number of allylic oxidation sites excluding steroid dienone is 3. The number of nitro benzene ring substituents is 1. The first-order chi connectivity index (χ1) is 24.6. The summed E-state index contributed by atoms with van der Waals surface area (Å²) in [4.78, 5) is 52.0. The van der Waals surface area contributed by atoms with E-state index in [1.807, 2.05) is 13.0 Å². The van der Waals surface area contributed by atoms with Crippen LogP contribution in [0.5, 0.6) is 11.5 Å². The van der Waals surface area contributed by atoms with Crippen molar-refractivity contribution >= 4 is 46.8 Å². The first-order valence-electron chi connectivity index (χ1n) is 16.3. The van der Waals surface area contributed by atoms with Crippen molar-refractivity contribution in [3.63, 3.8) is 0 Å². The predicted octanol–water partition coefficient (Wildman–Crippen LogP) is 5.04. The number of amides is 3. The lowest BCUT2D eigenvalue weighted by molar-refractivity contribution is -0.384. The number of carbonyl (C=O) groups is 3. The highest BCUT2D eigenvalue weighted by Crippen LogP contribution is 2.47. The number of nitrogens with zero attached hydrogens (tertiary/aromatic N) is 2. The number of alkyl carbamates (subject to hydrolysis) is 1. The van der Waals surface area contributed by atoms with Gasteiger partial charge in [-0.15, -0.1) is 0 Å². The molecular weight excluding hydrogens is 704 g/mol. The standard InChI is InChI=1S/C35H41ClN4O12/c1-19-8-7-9-27(49-6)35(44)18-22(50-33(43)38-35)16-29-34(2,52-29)28(51-32(42)37-23-11-10-21(40(45)46)15-25(23)47-4)17-30(41)39(3)24-13-20(12-19)14-26(48-5)31(24)36/h7-11,13-15,22,27-29,44H,12,16-18H2,1-6H3,(H,37,42)(H,38,43)/b9-7+,19-8+/t22-,27-,28+,29+,34+,35+/m1/s1. The van der Waals surface area contributed by atoms with Crippen LogP contribution in [0.3, 0.4) is 0 Å². The molecule has 0 spiro atoms. The quantitative estimate of drug-likeness (QED) is 0.202. The van der Waals surface area contributed by atoms with Gasteiger partial charge >= 0.3 is 12.2 Å².